The predicted octanol–water partition coefficient (Wildman–Crippen LogP) is 1.00. The third kappa shape index (κ3) is 4.54. The number of amides is 1. The molecule has 1 fully saturated rings. The van der Waals surface area contributed by atoms with Crippen molar-refractivity contribution in [2.75, 3.05) is 26.2 Å². The van der Waals surface area contributed by atoms with Crippen molar-refractivity contribution in [3.05, 3.63) is 32.7 Å². The molecule has 1 saturated heterocycles. The highest BCUT2D eigenvalue weighted by molar-refractivity contribution is 9.10. The summed E-state index contributed by atoms with van der Waals surface area (Å²) in [6.45, 7) is 5.27. The average Bonchev–Trinajstić information content (AvgIpc) is 3.28. The monoisotopic (exact) mass is 503 g/mol. The van der Waals surface area contributed by atoms with Crippen LogP contribution in [0.3, 0.4) is 0 Å². The van der Waals surface area contributed by atoms with Gasteiger partial charge in [0.15, 0.2) is 0 Å². The molecule has 0 radical (unpaired) electrons. The summed E-state index contributed by atoms with van der Waals surface area (Å²) in [5.41, 5.74) is 0.454. The topological polar surface area (TPSA) is 136 Å². The second-order valence-corrected chi connectivity index (χ2v) is 9.55. The Morgan fingerprint density at radius 2 is 1.87 bits per heavy atom. The molecule has 2 aromatic rings. The van der Waals surface area contributed by atoms with Crippen molar-refractivity contribution in [3.8, 4) is 0 Å². The zero-order chi connectivity index (χ0) is 22.1. The maximum absolute atomic E-state index is 12.9. The van der Waals surface area contributed by atoms with Gasteiger partial charge in [0.2, 0.25) is 15.9 Å². The number of halogens is 1. The molecule has 0 unspecified atom stereocenters. The van der Waals surface area contributed by atoms with Gasteiger partial charge in [-0.05, 0) is 34.7 Å². The first-order valence-electron chi connectivity index (χ1n) is 9.32. The SMILES string of the molecule is CCn1cc(S(=O)(=O)N2CCN(C(=O)CCn3cc(Br)c([N+](=O)[O-])n3)CC2)c(C)n1. The van der Waals surface area contributed by atoms with Crippen molar-refractivity contribution >= 4 is 37.7 Å². The Morgan fingerprint density at radius 1 is 1.20 bits per heavy atom. The van der Waals surface area contributed by atoms with Gasteiger partial charge in [0, 0.05) is 45.3 Å². The maximum Gasteiger partial charge on any atom is 0.404 e. The number of piperazine rings is 1. The average molecular weight is 504 g/mol. The van der Waals surface area contributed by atoms with E-state index in [0.717, 1.165) is 0 Å². The predicted molar refractivity (Wildman–Crippen MR) is 109 cm³/mol. The van der Waals surface area contributed by atoms with Gasteiger partial charge in [0.05, 0.1) is 23.5 Å². The van der Waals surface area contributed by atoms with Gasteiger partial charge >= 0.3 is 5.82 Å². The van der Waals surface area contributed by atoms with Crippen LogP contribution in [0.2, 0.25) is 0 Å². The third-order valence-electron chi connectivity index (χ3n) is 4.86. The van der Waals surface area contributed by atoms with Gasteiger partial charge in [-0.15, -0.1) is 0 Å². The lowest BCUT2D eigenvalue weighted by atomic mass is 10.3. The molecule has 1 aliphatic rings. The van der Waals surface area contributed by atoms with E-state index in [0.29, 0.717) is 12.2 Å². The molecule has 0 saturated carbocycles. The number of nitro groups is 1. The van der Waals surface area contributed by atoms with Crippen LogP contribution in [0.4, 0.5) is 5.82 Å². The van der Waals surface area contributed by atoms with Crippen molar-refractivity contribution in [2.24, 2.45) is 0 Å². The molecule has 12 nitrogen and oxygen atoms in total. The summed E-state index contributed by atoms with van der Waals surface area (Å²) in [5, 5.41) is 18.9. The summed E-state index contributed by atoms with van der Waals surface area (Å²) >= 11 is 3.07. The summed E-state index contributed by atoms with van der Waals surface area (Å²) in [4.78, 5) is 24.5. The van der Waals surface area contributed by atoms with Crippen molar-refractivity contribution in [1.82, 2.24) is 28.8 Å². The largest absolute Gasteiger partial charge is 0.404 e. The van der Waals surface area contributed by atoms with Crippen LogP contribution in [0.15, 0.2) is 21.8 Å². The molecule has 30 heavy (non-hydrogen) atoms. The highest BCUT2D eigenvalue weighted by atomic mass is 79.9. The Hall–Kier alpha value is -2.32. The molecule has 3 heterocycles. The smallest absolute Gasteiger partial charge is 0.358 e. The molecule has 0 bridgehead atoms. The minimum Gasteiger partial charge on any atom is -0.358 e. The highest BCUT2D eigenvalue weighted by Crippen LogP contribution is 2.23. The Balaban J connectivity index is 1.57. The summed E-state index contributed by atoms with van der Waals surface area (Å²) in [6.07, 6.45) is 3.10. The molecular weight excluding hydrogens is 482 g/mol. The van der Waals surface area contributed by atoms with Crippen LogP contribution >= 0.6 is 15.9 Å². The number of aromatic nitrogens is 4. The molecular formula is C16H22BrN7O5S. The van der Waals surface area contributed by atoms with Gasteiger partial charge in [-0.1, -0.05) is 0 Å². The van der Waals surface area contributed by atoms with E-state index >= 15 is 0 Å². The Labute approximate surface area is 181 Å². The van der Waals surface area contributed by atoms with Gasteiger partial charge < -0.3 is 15.0 Å². The minimum absolute atomic E-state index is 0.112. The number of carbonyl (C=O) groups is 1. The maximum atomic E-state index is 12.9. The third-order valence-corrected chi connectivity index (χ3v) is 7.42. The van der Waals surface area contributed by atoms with E-state index < -0.39 is 14.9 Å². The van der Waals surface area contributed by atoms with Crippen LogP contribution in [0.5, 0.6) is 0 Å². The van der Waals surface area contributed by atoms with Crippen molar-refractivity contribution in [2.45, 2.75) is 38.3 Å². The number of hydrogen-bond donors (Lipinski definition) is 0. The van der Waals surface area contributed by atoms with Gasteiger partial charge in [0.1, 0.15) is 9.37 Å². The van der Waals surface area contributed by atoms with Crippen LogP contribution in [-0.4, -0.2) is 74.2 Å². The lowest BCUT2D eigenvalue weighted by Crippen LogP contribution is -2.50. The molecule has 3 rings (SSSR count). The van der Waals surface area contributed by atoms with Gasteiger partial charge in [0.25, 0.3) is 0 Å². The van der Waals surface area contributed by atoms with Crippen molar-refractivity contribution < 1.29 is 18.1 Å². The van der Waals surface area contributed by atoms with Crippen LogP contribution in [0.25, 0.3) is 0 Å². The van der Waals surface area contributed by atoms with E-state index in [1.807, 2.05) is 6.92 Å². The van der Waals surface area contributed by atoms with E-state index in [1.54, 1.807) is 16.5 Å². The minimum atomic E-state index is -3.67. The van der Waals surface area contributed by atoms with E-state index in [1.165, 1.54) is 21.4 Å². The zero-order valence-electron chi connectivity index (χ0n) is 16.6. The fourth-order valence-corrected chi connectivity index (χ4v) is 5.28. The van der Waals surface area contributed by atoms with E-state index in [4.69, 9.17) is 0 Å². The van der Waals surface area contributed by atoms with E-state index in [2.05, 4.69) is 26.1 Å². The number of carbonyl (C=O) groups excluding carboxylic acids is 1. The van der Waals surface area contributed by atoms with Crippen LogP contribution in [0, 0.1) is 17.0 Å². The summed E-state index contributed by atoms with van der Waals surface area (Å²) < 4.78 is 30.4. The first-order valence-corrected chi connectivity index (χ1v) is 11.6. The number of nitrogens with zero attached hydrogens (tertiary/aromatic N) is 7. The summed E-state index contributed by atoms with van der Waals surface area (Å²) in [6, 6.07) is 0. The summed E-state index contributed by atoms with van der Waals surface area (Å²) in [5.74, 6) is -0.459. The molecule has 0 spiro atoms. The highest BCUT2D eigenvalue weighted by Gasteiger charge is 2.32. The lowest BCUT2D eigenvalue weighted by molar-refractivity contribution is -0.390. The Kier molecular flexibility index (Phi) is 6.57. The molecule has 1 aliphatic heterocycles. The number of sulfonamides is 1. The normalized spacial score (nSPS) is 15.5. The second kappa shape index (κ2) is 8.81. The molecule has 0 aromatic carbocycles. The van der Waals surface area contributed by atoms with Crippen LogP contribution in [0.1, 0.15) is 19.0 Å². The van der Waals surface area contributed by atoms with Gasteiger partial charge in [-0.3, -0.25) is 9.48 Å². The summed E-state index contributed by atoms with van der Waals surface area (Å²) in [7, 11) is -3.67. The Bertz CT molecular complexity index is 1060. The van der Waals surface area contributed by atoms with Gasteiger partial charge in [-0.2, -0.15) is 14.1 Å². The quantitative estimate of drug-likeness (QED) is 0.405. The first-order chi connectivity index (χ1) is 14.1. The van der Waals surface area contributed by atoms with Crippen molar-refractivity contribution in [1.29, 1.82) is 0 Å². The number of rotatable bonds is 7. The van der Waals surface area contributed by atoms with E-state index in [-0.39, 0.29) is 60.2 Å². The second-order valence-electron chi connectivity index (χ2n) is 6.79. The van der Waals surface area contributed by atoms with Crippen molar-refractivity contribution in [3.63, 3.8) is 0 Å². The molecule has 1 amide bonds. The molecule has 0 N–H and O–H groups in total. The standard InChI is InChI=1S/C16H22BrN7O5S/c1-3-21-11-14(12(2)18-21)30(28,29)23-8-6-20(7-9-23)15(25)4-5-22-10-13(17)16(19-22)24(26)27/h10-11H,3-9H2,1-2H3. The molecule has 0 aliphatic carbocycles. The van der Waals surface area contributed by atoms with Gasteiger partial charge in [-0.25, -0.2) is 8.42 Å². The van der Waals surface area contributed by atoms with Crippen LogP contribution < -0.4 is 0 Å². The van der Waals surface area contributed by atoms with Crippen LogP contribution in [-0.2, 0) is 27.9 Å². The fourth-order valence-electron chi connectivity index (χ4n) is 3.23. The zero-order valence-corrected chi connectivity index (χ0v) is 19.0. The number of aryl methyl sites for hydroxylation is 3. The molecule has 0 atom stereocenters. The Morgan fingerprint density at radius 3 is 2.40 bits per heavy atom. The van der Waals surface area contributed by atoms with E-state index in [9.17, 15) is 23.3 Å². The number of hydrogen-bond acceptors (Lipinski definition) is 7. The molecule has 14 heteroatoms. The fraction of sp³-hybridized carbons (Fsp3) is 0.562. The molecule has 164 valence electrons. The first kappa shape index (κ1) is 22.4. The molecule has 2 aromatic heterocycles. The lowest BCUT2D eigenvalue weighted by Gasteiger charge is -2.33.